The number of benzene rings is 2. The lowest BCUT2D eigenvalue weighted by Crippen LogP contribution is -2.26. The lowest BCUT2D eigenvalue weighted by atomic mass is 10.1. The number of hydrogen-bond acceptors (Lipinski definition) is 3. The van der Waals surface area contributed by atoms with Gasteiger partial charge < -0.3 is 5.32 Å². The second-order valence-corrected chi connectivity index (χ2v) is 9.41. The minimum Gasteiger partial charge on any atom is -0.352 e. The monoisotopic (exact) mass is 448 g/mol. The van der Waals surface area contributed by atoms with E-state index < -0.39 is 15.9 Å². The molecule has 0 atom stereocenters. The van der Waals surface area contributed by atoms with E-state index in [4.69, 9.17) is 34.8 Å². The number of hydrogen-bond donors (Lipinski definition) is 1. The van der Waals surface area contributed by atoms with E-state index in [1.54, 1.807) is 12.1 Å². The molecule has 1 amide bonds. The van der Waals surface area contributed by atoms with Gasteiger partial charge in [-0.05, 0) is 48.7 Å². The first-order valence-corrected chi connectivity index (χ1v) is 10.6. The molecule has 0 saturated heterocycles. The fourth-order valence-corrected chi connectivity index (χ4v) is 3.79. The molecule has 27 heavy (non-hydrogen) atoms. The molecule has 0 spiro atoms. The van der Waals surface area contributed by atoms with Gasteiger partial charge in [0.25, 0.3) is 5.91 Å². The number of sulfonamides is 1. The average molecular weight is 450 g/mol. The fourth-order valence-electron chi connectivity index (χ4n) is 2.33. The molecule has 0 unspecified atom stereocenters. The third-order valence-corrected chi connectivity index (χ3v) is 6.75. The standard InChI is InChI=1S/C18H19Cl3N2O3S/c1-23(2)27(25,26)13-6-8-15(19)14(11-13)18(24)22-9-3-4-12-5-7-16(20)17(21)10-12/h5-8,10-11H,3-4,9H2,1-2H3,(H,22,24). The molecule has 0 heterocycles. The summed E-state index contributed by atoms with van der Waals surface area (Å²) in [6.45, 7) is 0.403. The van der Waals surface area contributed by atoms with E-state index in [-0.39, 0.29) is 15.5 Å². The number of aryl methyl sites for hydroxylation is 1. The Morgan fingerprint density at radius 2 is 1.67 bits per heavy atom. The predicted octanol–water partition coefficient (Wildman–Crippen LogP) is 4.26. The van der Waals surface area contributed by atoms with Gasteiger partial charge in [-0.2, -0.15) is 0 Å². The molecule has 5 nitrogen and oxygen atoms in total. The van der Waals surface area contributed by atoms with Crippen molar-refractivity contribution in [3.8, 4) is 0 Å². The largest absolute Gasteiger partial charge is 0.352 e. The molecule has 9 heteroatoms. The third-order valence-electron chi connectivity index (χ3n) is 3.87. The van der Waals surface area contributed by atoms with Crippen molar-refractivity contribution in [3.63, 3.8) is 0 Å². The third kappa shape index (κ3) is 5.59. The molecule has 0 bridgehead atoms. The molecule has 1 N–H and O–H groups in total. The first-order valence-electron chi connectivity index (χ1n) is 8.07. The highest BCUT2D eigenvalue weighted by Gasteiger charge is 2.20. The molecule has 146 valence electrons. The van der Waals surface area contributed by atoms with Crippen LogP contribution in [0.3, 0.4) is 0 Å². The van der Waals surface area contributed by atoms with Gasteiger partial charge >= 0.3 is 0 Å². The minimum atomic E-state index is -3.65. The van der Waals surface area contributed by atoms with E-state index in [1.807, 2.05) is 6.07 Å². The molecule has 2 rings (SSSR count). The van der Waals surface area contributed by atoms with E-state index in [0.717, 1.165) is 9.87 Å². The van der Waals surface area contributed by atoms with Gasteiger partial charge in [-0.3, -0.25) is 4.79 Å². The molecule has 0 aliphatic rings. The highest BCUT2D eigenvalue weighted by atomic mass is 35.5. The number of halogens is 3. The van der Waals surface area contributed by atoms with Gasteiger partial charge in [-0.1, -0.05) is 40.9 Å². The van der Waals surface area contributed by atoms with Gasteiger partial charge in [-0.15, -0.1) is 0 Å². The Morgan fingerprint density at radius 3 is 2.30 bits per heavy atom. The summed E-state index contributed by atoms with van der Waals surface area (Å²) in [6, 6.07) is 9.46. The quantitative estimate of drug-likeness (QED) is 0.642. The van der Waals surface area contributed by atoms with Gasteiger partial charge in [0.1, 0.15) is 0 Å². The van der Waals surface area contributed by atoms with Crippen LogP contribution < -0.4 is 5.32 Å². The molecule has 0 fully saturated rings. The Kier molecular flexibility index (Phi) is 7.54. The SMILES string of the molecule is CN(C)S(=O)(=O)c1ccc(Cl)c(C(=O)NCCCc2ccc(Cl)c(Cl)c2)c1. The first-order chi connectivity index (χ1) is 12.6. The van der Waals surface area contributed by atoms with Crippen molar-refractivity contribution in [1.82, 2.24) is 9.62 Å². The van der Waals surface area contributed by atoms with Crippen molar-refractivity contribution in [2.24, 2.45) is 0 Å². The lowest BCUT2D eigenvalue weighted by molar-refractivity contribution is 0.0953. The van der Waals surface area contributed by atoms with Gasteiger partial charge in [0.05, 0.1) is 25.5 Å². The fraction of sp³-hybridized carbons (Fsp3) is 0.278. The summed E-state index contributed by atoms with van der Waals surface area (Å²) < 4.78 is 25.5. The lowest BCUT2D eigenvalue weighted by Gasteiger charge is -2.13. The van der Waals surface area contributed by atoms with Crippen molar-refractivity contribution in [3.05, 3.63) is 62.6 Å². The maximum atomic E-state index is 12.4. The molecular formula is C18H19Cl3N2O3S. The number of nitrogens with zero attached hydrogens (tertiary/aromatic N) is 1. The summed E-state index contributed by atoms with van der Waals surface area (Å²) in [7, 11) is -0.800. The Hall–Kier alpha value is -1.31. The molecule has 0 saturated carbocycles. The maximum Gasteiger partial charge on any atom is 0.252 e. The van der Waals surface area contributed by atoms with E-state index in [1.165, 1.54) is 32.3 Å². The van der Waals surface area contributed by atoms with E-state index in [9.17, 15) is 13.2 Å². The normalized spacial score (nSPS) is 11.6. The second kappa shape index (κ2) is 9.26. The number of carbonyl (C=O) groups excluding carboxylic acids is 1. The van der Waals surface area contributed by atoms with Crippen molar-refractivity contribution < 1.29 is 13.2 Å². The van der Waals surface area contributed by atoms with Crippen molar-refractivity contribution in [1.29, 1.82) is 0 Å². The average Bonchev–Trinajstić information content (AvgIpc) is 2.61. The van der Waals surface area contributed by atoms with Crippen LogP contribution in [-0.2, 0) is 16.4 Å². The highest BCUT2D eigenvalue weighted by Crippen LogP contribution is 2.24. The summed E-state index contributed by atoms with van der Waals surface area (Å²) in [5.74, 6) is -0.426. The molecular weight excluding hydrogens is 431 g/mol. The van der Waals surface area contributed by atoms with Crippen LogP contribution in [0.25, 0.3) is 0 Å². The van der Waals surface area contributed by atoms with Gasteiger partial charge in [-0.25, -0.2) is 12.7 Å². The van der Waals surface area contributed by atoms with E-state index in [2.05, 4.69) is 5.32 Å². The van der Waals surface area contributed by atoms with Crippen LogP contribution in [0.2, 0.25) is 15.1 Å². The van der Waals surface area contributed by atoms with Gasteiger partial charge in [0.2, 0.25) is 10.0 Å². The van der Waals surface area contributed by atoms with Crippen molar-refractivity contribution in [2.75, 3.05) is 20.6 Å². The first kappa shape index (κ1) is 22.0. The number of rotatable bonds is 7. The topological polar surface area (TPSA) is 66.5 Å². The zero-order chi connectivity index (χ0) is 20.2. The summed E-state index contributed by atoms with van der Waals surface area (Å²) in [5.41, 5.74) is 1.13. The second-order valence-electron chi connectivity index (χ2n) is 6.04. The Bertz CT molecular complexity index is 947. The molecule has 2 aromatic carbocycles. The molecule has 0 aliphatic heterocycles. The minimum absolute atomic E-state index is 0.0119. The van der Waals surface area contributed by atoms with Gasteiger partial charge in [0, 0.05) is 20.6 Å². The Labute approximate surface area is 174 Å². The number of amides is 1. The highest BCUT2D eigenvalue weighted by molar-refractivity contribution is 7.89. The van der Waals surface area contributed by atoms with Crippen molar-refractivity contribution in [2.45, 2.75) is 17.7 Å². The zero-order valence-corrected chi connectivity index (χ0v) is 17.9. The molecule has 0 aromatic heterocycles. The zero-order valence-electron chi connectivity index (χ0n) is 14.8. The number of carbonyl (C=O) groups is 1. The summed E-state index contributed by atoms with van der Waals surface area (Å²) in [4.78, 5) is 12.4. The smallest absolute Gasteiger partial charge is 0.252 e. The van der Waals surface area contributed by atoms with E-state index >= 15 is 0 Å². The van der Waals surface area contributed by atoms with Crippen LogP contribution in [0.1, 0.15) is 22.3 Å². The van der Waals surface area contributed by atoms with Crippen LogP contribution in [0.5, 0.6) is 0 Å². The van der Waals surface area contributed by atoms with Gasteiger partial charge in [0.15, 0.2) is 0 Å². The van der Waals surface area contributed by atoms with Crippen LogP contribution in [0.4, 0.5) is 0 Å². The van der Waals surface area contributed by atoms with Crippen LogP contribution in [-0.4, -0.2) is 39.3 Å². The van der Waals surface area contributed by atoms with Crippen LogP contribution in [0.15, 0.2) is 41.3 Å². The van der Waals surface area contributed by atoms with Crippen LogP contribution >= 0.6 is 34.8 Å². The summed E-state index contributed by atoms with van der Waals surface area (Å²) >= 11 is 17.9. The summed E-state index contributed by atoms with van der Waals surface area (Å²) in [6.07, 6.45) is 1.39. The molecule has 2 aromatic rings. The Balaban J connectivity index is 2.00. The maximum absolute atomic E-state index is 12.4. The number of nitrogens with one attached hydrogen (secondary N) is 1. The van der Waals surface area contributed by atoms with Crippen LogP contribution in [0, 0.1) is 0 Å². The predicted molar refractivity (Wildman–Crippen MR) is 109 cm³/mol. The summed E-state index contributed by atoms with van der Waals surface area (Å²) in [5, 5.41) is 3.93. The van der Waals surface area contributed by atoms with Crippen molar-refractivity contribution >= 4 is 50.7 Å². The van der Waals surface area contributed by atoms with E-state index in [0.29, 0.717) is 29.4 Å². The Morgan fingerprint density at radius 1 is 1.00 bits per heavy atom. The molecule has 0 radical (unpaired) electrons. The molecule has 0 aliphatic carbocycles.